The number of nitrogens with one attached hydrogen (secondary N) is 2. The van der Waals surface area contributed by atoms with Gasteiger partial charge in [-0.3, -0.25) is 20.0 Å². The average molecular weight is 200 g/mol. The highest BCUT2D eigenvalue weighted by molar-refractivity contribution is 6.03. The molecule has 0 radical (unpaired) electrons. The standard InChI is InChI=1S/C10H8N4O/c11-5-1-2-6-8(3-5)12-4-7-9(6)13-14-10(7)15/h1-4H,11H2,(H2,13,14,15). The van der Waals surface area contributed by atoms with E-state index in [0.717, 1.165) is 16.4 Å². The van der Waals surface area contributed by atoms with Gasteiger partial charge in [0, 0.05) is 17.3 Å². The molecule has 0 bridgehead atoms. The zero-order chi connectivity index (χ0) is 10.4. The fourth-order valence-electron chi connectivity index (χ4n) is 1.70. The lowest BCUT2D eigenvalue weighted by molar-refractivity contribution is 1.08. The van der Waals surface area contributed by atoms with Crippen molar-refractivity contribution in [3.8, 4) is 0 Å². The number of nitrogens with zero attached hydrogens (tertiary/aromatic N) is 1. The normalized spacial score (nSPS) is 11.2. The van der Waals surface area contributed by atoms with Crippen LogP contribution in [0.15, 0.2) is 29.2 Å². The third kappa shape index (κ3) is 1.03. The maximum atomic E-state index is 11.3. The van der Waals surface area contributed by atoms with Gasteiger partial charge in [0.05, 0.1) is 16.4 Å². The number of fused-ring (bicyclic) bond motifs is 3. The smallest absolute Gasteiger partial charge is 0.273 e. The molecule has 2 heterocycles. The summed E-state index contributed by atoms with van der Waals surface area (Å²) in [5, 5.41) is 6.81. The summed E-state index contributed by atoms with van der Waals surface area (Å²) in [6.07, 6.45) is 1.55. The van der Waals surface area contributed by atoms with Crippen molar-refractivity contribution in [2.75, 3.05) is 5.73 Å². The topological polar surface area (TPSA) is 87.6 Å². The van der Waals surface area contributed by atoms with Crippen LogP contribution < -0.4 is 11.3 Å². The van der Waals surface area contributed by atoms with E-state index in [1.165, 1.54) is 0 Å². The van der Waals surface area contributed by atoms with Crippen molar-refractivity contribution in [2.24, 2.45) is 0 Å². The minimum absolute atomic E-state index is 0.156. The maximum absolute atomic E-state index is 11.3. The van der Waals surface area contributed by atoms with Crippen LogP contribution in [0.5, 0.6) is 0 Å². The predicted octanol–water partition coefficient (Wildman–Crippen LogP) is 0.987. The molecule has 0 fully saturated rings. The number of anilines is 1. The molecule has 5 nitrogen and oxygen atoms in total. The molecule has 0 spiro atoms. The van der Waals surface area contributed by atoms with Crippen molar-refractivity contribution < 1.29 is 0 Å². The number of pyridine rings is 1. The maximum Gasteiger partial charge on any atom is 0.273 e. The van der Waals surface area contributed by atoms with Crippen molar-refractivity contribution in [1.82, 2.24) is 15.2 Å². The number of nitrogen functional groups attached to an aromatic ring is 1. The first-order chi connectivity index (χ1) is 7.25. The van der Waals surface area contributed by atoms with Crippen molar-refractivity contribution in [3.05, 3.63) is 34.7 Å². The SMILES string of the molecule is Nc1ccc2c(c1)ncc1c(=O)[nH][nH]c12. The zero-order valence-electron chi connectivity index (χ0n) is 7.74. The summed E-state index contributed by atoms with van der Waals surface area (Å²) in [5.41, 5.74) is 7.70. The number of aromatic nitrogens is 3. The molecule has 74 valence electrons. The lowest BCUT2D eigenvalue weighted by Gasteiger charge is -1.98. The summed E-state index contributed by atoms with van der Waals surface area (Å²) in [6, 6.07) is 5.42. The highest BCUT2D eigenvalue weighted by Gasteiger charge is 2.05. The Morgan fingerprint density at radius 2 is 2.07 bits per heavy atom. The Hall–Kier alpha value is -2.30. The van der Waals surface area contributed by atoms with Crippen molar-refractivity contribution in [1.29, 1.82) is 0 Å². The number of hydrogen-bond donors (Lipinski definition) is 3. The summed E-state index contributed by atoms with van der Waals surface area (Å²) < 4.78 is 0. The molecule has 2 aromatic heterocycles. The van der Waals surface area contributed by atoms with Gasteiger partial charge in [0.1, 0.15) is 0 Å². The first kappa shape index (κ1) is 8.05. The minimum Gasteiger partial charge on any atom is -0.399 e. The van der Waals surface area contributed by atoms with Gasteiger partial charge in [0.25, 0.3) is 5.56 Å². The highest BCUT2D eigenvalue weighted by atomic mass is 16.1. The second-order valence-corrected chi connectivity index (χ2v) is 3.40. The molecule has 0 unspecified atom stereocenters. The number of benzene rings is 1. The van der Waals surface area contributed by atoms with E-state index in [9.17, 15) is 4.79 Å². The van der Waals surface area contributed by atoms with Gasteiger partial charge in [-0.05, 0) is 18.2 Å². The van der Waals surface area contributed by atoms with E-state index in [1.807, 2.05) is 6.07 Å². The van der Waals surface area contributed by atoms with E-state index in [-0.39, 0.29) is 5.56 Å². The largest absolute Gasteiger partial charge is 0.399 e. The monoisotopic (exact) mass is 200 g/mol. The van der Waals surface area contributed by atoms with Crippen LogP contribution in [-0.4, -0.2) is 15.2 Å². The van der Waals surface area contributed by atoms with Crippen LogP contribution in [0.25, 0.3) is 21.8 Å². The Balaban J connectivity index is 2.60. The van der Waals surface area contributed by atoms with Crippen LogP contribution in [0.2, 0.25) is 0 Å². The van der Waals surface area contributed by atoms with Gasteiger partial charge in [-0.1, -0.05) is 0 Å². The molecule has 3 aromatic rings. The number of nitrogens with two attached hydrogens (primary N) is 1. The molecule has 0 aliphatic carbocycles. The number of rotatable bonds is 0. The molecule has 3 rings (SSSR count). The number of H-pyrrole nitrogens is 2. The van der Waals surface area contributed by atoms with E-state index in [1.54, 1.807) is 18.3 Å². The average Bonchev–Trinajstić information content (AvgIpc) is 2.60. The van der Waals surface area contributed by atoms with E-state index >= 15 is 0 Å². The van der Waals surface area contributed by atoms with Crippen LogP contribution in [0.4, 0.5) is 5.69 Å². The summed E-state index contributed by atoms with van der Waals surface area (Å²) >= 11 is 0. The van der Waals surface area contributed by atoms with E-state index in [0.29, 0.717) is 11.1 Å². The first-order valence-electron chi connectivity index (χ1n) is 4.50. The number of aromatic amines is 2. The Bertz CT molecular complexity index is 710. The predicted molar refractivity (Wildman–Crippen MR) is 58.6 cm³/mol. The molecular weight excluding hydrogens is 192 g/mol. The quantitative estimate of drug-likeness (QED) is 0.473. The van der Waals surface area contributed by atoms with Crippen LogP contribution >= 0.6 is 0 Å². The molecule has 1 aromatic carbocycles. The van der Waals surface area contributed by atoms with Crippen molar-refractivity contribution in [3.63, 3.8) is 0 Å². The second kappa shape index (κ2) is 2.60. The Morgan fingerprint density at radius 3 is 2.93 bits per heavy atom. The molecule has 0 saturated carbocycles. The van der Waals surface area contributed by atoms with Gasteiger partial charge >= 0.3 is 0 Å². The molecule has 0 saturated heterocycles. The Labute approximate surface area is 83.9 Å². The van der Waals surface area contributed by atoms with E-state index in [4.69, 9.17) is 5.73 Å². The van der Waals surface area contributed by atoms with Gasteiger partial charge in [0.2, 0.25) is 0 Å². The van der Waals surface area contributed by atoms with Crippen molar-refractivity contribution >= 4 is 27.5 Å². The van der Waals surface area contributed by atoms with E-state index < -0.39 is 0 Å². The second-order valence-electron chi connectivity index (χ2n) is 3.40. The van der Waals surface area contributed by atoms with Crippen LogP contribution in [-0.2, 0) is 0 Å². The van der Waals surface area contributed by atoms with Crippen molar-refractivity contribution in [2.45, 2.75) is 0 Å². The molecule has 0 amide bonds. The fourth-order valence-corrected chi connectivity index (χ4v) is 1.70. The lowest BCUT2D eigenvalue weighted by atomic mass is 10.1. The van der Waals surface area contributed by atoms with Crippen LogP contribution in [0, 0.1) is 0 Å². The molecule has 5 heteroatoms. The van der Waals surface area contributed by atoms with Gasteiger partial charge < -0.3 is 5.73 Å². The summed E-state index contributed by atoms with van der Waals surface area (Å²) in [5.74, 6) is 0. The van der Waals surface area contributed by atoms with Gasteiger partial charge in [0.15, 0.2) is 0 Å². The fraction of sp³-hybridized carbons (Fsp3) is 0. The first-order valence-corrected chi connectivity index (χ1v) is 4.50. The lowest BCUT2D eigenvalue weighted by Crippen LogP contribution is -1.97. The Kier molecular flexibility index (Phi) is 1.39. The molecule has 0 aliphatic rings. The van der Waals surface area contributed by atoms with Gasteiger partial charge in [-0.25, -0.2) is 0 Å². The van der Waals surface area contributed by atoms with Gasteiger partial charge in [-0.15, -0.1) is 0 Å². The minimum atomic E-state index is -0.156. The third-order valence-corrected chi connectivity index (χ3v) is 2.44. The molecule has 4 N–H and O–H groups in total. The Morgan fingerprint density at radius 1 is 1.20 bits per heavy atom. The third-order valence-electron chi connectivity index (χ3n) is 2.44. The van der Waals surface area contributed by atoms with Crippen LogP contribution in [0.3, 0.4) is 0 Å². The molecule has 0 aliphatic heterocycles. The molecule has 15 heavy (non-hydrogen) atoms. The highest BCUT2D eigenvalue weighted by Crippen LogP contribution is 2.20. The van der Waals surface area contributed by atoms with Gasteiger partial charge in [-0.2, -0.15) is 0 Å². The number of hydrogen-bond acceptors (Lipinski definition) is 3. The van der Waals surface area contributed by atoms with E-state index in [2.05, 4.69) is 15.2 Å². The summed E-state index contributed by atoms with van der Waals surface area (Å²) in [7, 11) is 0. The summed E-state index contributed by atoms with van der Waals surface area (Å²) in [4.78, 5) is 15.5. The van der Waals surface area contributed by atoms with Crippen LogP contribution in [0.1, 0.15) is 0 Å². The molecule has 0 atom stereocenters. The summed E-state index contributed by atoms with van der Waals surface area (Å²) in [6.45, 7) is 0. The molecular formula is C10H8N4O. The zero-order valence-corrected chi connectivity index (χ0v) is 7.74.